The first-order chi connectivity index (χ1) is 4.69. The fourth-order valence-electron chi connectivity index (χ4n) is 0.750. The highest BCUT2D eigenvalue weighted by molar-refractivity contribution is 5.31. The Hall–Kier alpha value is -1.04. The molecule has 10 heavy (non-hydrogen) atoms. The van der Waals surface area contributed by atoms with Crippen LogP contribution in [0.4, 0.5) is 0 Å². The molecule has 0 aromatic rings. The van der Waals surface area contributed by atoms with Gasteiger partial charge in [-0.1, -0.05) is 24.1 Å². The summed E-state index contributed by atoms with van der Waals surface area (Å²) in [6.07, 6.45) is 10.1. The highest BCUT2D eigenvalue weighted by atomic mass is 16.3. The first kappa shape index (κ1) is 7.07. The molecule has 0 saturated heterocycles. The third-order valence-electron chi connectivity index (χ3n) is 1.44. The Balaban J connectivity index is 2.91. The van der Waals surface area contributed by atoms with E-state index in [1.807, 2.05) is 0 Å². The van der Waals surface area contributed by atoms with E-state index >= 15 is 0 Å². The van der Waals surface area contributed by atoms with Gasteiger partial charge in [0, 0.05) is 0 Å². The Morgan fingerprint density at radius 2 is 2.20 bits per heavy atom. The zero-order chi connectivity index (χ0) is 7.61. The molecule has 0 fully saturated rings. The van der Waals surface area contributed by atoms with Crippen LogP contribution in [0.1, 0.15) is 0 Å². The van der Waals surface area contributed by atoms with Gasteiger partial charge in [0.2, 0.25) is 0 Å². The normalized spacial score (nSPS) is 37.5. The molecule has 0 saturated carbocycles. The van der Waals surface area contributed by atoms with Gasteiger partial charge in [0.1, 0.15) is 6.10 Å². The molecule has 0 spiro atoms. The molecule has 0 bridgehead atoms. The van der Waals surface area contributed by atoms with Gasteiger partial charge < -0.3 is 10.2 Å². The Bertz CT molecular complexity index is 222. The van der Waals surface area contributed by atoms with Crippen molar-refractivity contribution in [2.24, 2.45) is 0 Å². The van der Waals surface area contributed by atoms with Gasteiger partial charge in [0.25, 0.3) is 0 Å². The number of aliphatic hydroxyl groups is 2. The van der Waals surface area contributed by atoms with Crippen LogP contribution < -0.4 is 0 Å². The van der Waals surface area contributed by atoms with Crippen LogP contribution >= 0.6 is 0 Å². The average molecular weight is 136 g/mol. The zero-order valence-electron chi connectivity index (χ0n) is 5.36. The minimum absolute atomic E-state index is 0.984. The Morgan fingerprint density at radius 3 is 2.60 bits per heavy atom. The van der Waals surface area contributed by atoms with E-state index in [1.165, 1.54) is 12.2 Å². The molecule has 1 aliphatic carbocycles. The monoisotopic (exact) mass is 136 g/mol. The Morgan fingerprint density at radius 1 is 1.50 bits per heavy atom. The Kier molecular flexibility index (Phi) is 1.62. The predicted molar refractivity (Wildman–Crippen MR) is 38.1 cm³/mol. The summed E-state index contributed by atoms with van der Waals surface area (Å²) in [6, 6.07) is 0. The van der Waals surface area contributed by atoms with Crippen molar-refractivity contribution in [3.05, 3.63) is 24.3 Å². The third kappa shape index (κ3) is 0.971. The average Bonchev–Trinajstić information content (AvgIpc) is 1.96. The molecule has 1 aliphatic rings. The summed E-state index contributed by atoms with van der Waals surface area (Å²) < 4.78 is 0. The molecule has 2 heteroatoms. The largest absolute Gasteiger partial charge is 0.385 e. The van der Waals surface area contributed by atoms with E-state index in [2.05, 4.69) is 5.92 Å². The van der Waals surface area contributed by atoms with E-state index in [0.29, 0.717) is 0 Å². The third-order valence-corrected chi connectivity index (χ3v) is 1.44. The molecule has 0 amide bonds. The smallest absolute Gasteiger partial charge is 0.173 e. The van der Waals surface area contributed by atoms with Crippen molar-refractivity contribution in [3.63, 3.8) is 0 Å². The first-order valence-corrected chi connectivity index (χ1v) is 2.93. The molecular formula is C8H8O2. The molecule has 1 rings (SSSR count). The van der Waals surface area contributed by atoms with Gasteiger partial charge in [-0.3, -0.25) is 0 Å². The van der Waals surface area contributed by atoms with Crippen molar-refractivity contribution in [2.75, 3.05) is 0 Å². The molecule has 52 valence electrons. The van der Waals surface area contributed by atoms with Crippen molar-refractivity contribution < 1.29 is 10.2 Å². The van der Waals surface area contributed by atoms with Crippen LogP contribution in [0.5, 0.6) is 0 Å². The second-order valence-electron chi connectivity index (χ2n) is 2.16. The number of allylic oxidation sites excluding steroid dienone is 2. The fourth-order valence-corrected chi connectivity index (χ4v) is 0.750. The van der Waals surface area contributed by atoms with Crippen LogP contribution in [0.3, 0.4) is 0 Å². The standard InChI is InChI=1S/C8H8O2/c1-2-8(10)6-4-3-5-7(8)9/h1,3-7,9-10H. The van der Waals surface area contributed by atoms with Gasteiger partial charge >= 0.3 is 0 Å². The SMILES string of the molecule is C#CC1(O)C=CC=CC1O. The molecule has 0 heterocycles. The number of hydrogen-bond acceptors (Lipinski definition) is 2. The van der Waals surface area contributed by atoms with Crippen molar-refractivity contribution in [3.8, 4) is 12.3 Å². The number of hydrogen-bond donors (Lipinski definition) is 2. The lowest BCUT2D eigenvalue weighted by molar-refractivity contribution is 0.0289. The minimum Gasteiger partial charge on any atom is -0.385 e. The van der Waals surface area contributed by atoms with E-state index in [4.69, 9.17) is 11.5 Å². The molecule has 0 radical (unpaired) electrons. The van der Waals surface area contributed by atoms with E-state index in [1.54, 1.807) is 12.2 Å². The van der Waals surface area contributed by atoms with Crippen LogP contribution in [-0.2, 0) is 0 Å². The molecule has 2 unspecified atom stereocenters. The fraction of sp³-hybridized carbons (Fsp3) is 0.250. The van der Waals surface area contributed by atoms with E-state index in [-0.39, 0.29) is 0 Å². The summed E-state index contributed by atoms with van der Waals surface area (Å²) in [5.41, 5.74) is -1.51. The molecule has 0 aliphatic heterocycles. The topological polar surface area (TPSA) is 40.5 Å². The Labute approximate surface area is 59.5 Å². The summed E-state index contributed by atoms with van der Waals surface area (Å²) in [6.45, 7) is 0. The molecule has 2 atom stereocenters. The molecule has 0 aromatic carbocycles. The first-order valence-electron chi connectivity index (χ1n) is 2.93. The van der Waals surface area contributed by atoms with E-state index in [9.17, 15) is 5.11 Å². The van der Waals surface area contributed by atoms with Gasteiger partial charge in [-0.15, -0.1) is 6.42 Å². The molecule has 2 N–H and O–H groups in total. The number of terminal acetylenes is 1. The van der Waals surface area contributed by atoms with Crippen molar-refractivity contribution in [2.45, 2.75) is 11.7 Å². The van der Waals surface area contributed by atoms with Gasteiger partial charge in [-0.05, 0) is 6.08 Å². The maximum absolute atomic E-state index is 9.32. The van der Waals surface area contributed by atoms with E-state index < -0.39 is 11.7 Å². The quantitative estimate of drug-likeness (QED) is 0.454. The van der Waals surface area contributed by atoms with Crippen molar-refractivity contribution in [1.82, 2.24) is 0 Å². The summed E-state index contributed by atoms with van der Waals surface area (Å²) in [7, 11) is 0. The molecule has 2 nitrogen and oxygen atoms in total. The number of aliphatic hydroxyl groups excluding tert-OH is 1. The van der Waals surface area contributed by atoms with E-state index in [0.717, 1.165) is 0 Å². The van der Waals surface area contributed by atoms with Gasteiger partial charge in [0.05, 0.1) is 0 Å². The van der Waals surface area contributed by atoms with Gasteiger partial charge in [-0.25, -0.2) is 0 Å². The van der Waals surface area contributed by atoms with Crippen LogP contribution in [0, 0.1) is 12.3 Å². The summed E-state index contributed by atoms with van der Waals surface area (Å²) in [5, 5.41) is 18.4. The second-order valence-corrected chi connectivity index (χ2v) is 2.16. The predicted octanol–water partition coefficient (Wildman–Crippen LogP) is -0.162. The van der Waals surface area contributed by atoms with Gasteiger partial charge in [0.15, 0.2) is 5.60 Å². The van der Waals surface area contributed by atoms with Crippen LogP contribution in [-0.4, -0.2) is 21.9 Å². The highest BCUT2D eigenvalue weighted by Gasteiger charge is 2.29. The summed E-state index contributed by atoms with van der Waals surface area (Å²) >= 11 is 0. The van der Waals surface area contributed by atoms with Crippen molar-refractivity contribution >= 4 is 0 Å². The van der Waals surface area contributed by atoms with Crippen molar-refractivity contribution in [1.29, 1.82) is 0 Å². The lowest BCUT2D eigenvalue weighted by Gasteiger charge is -2.23. The zero-order valence-corrected chi connectivity index (χ0v) is 5.36. The summed E-state index contributed by atoms with van der Waals surface area (Å²) in [4.78, 5) is 0. The van der Waals surface area contributed by atoms with Gasteiger partial charge in [-0.2, -0.15) is 0 Å². The highest BCUT2D eigenvalue weighted by Crippen LogP contribution is 2.16. The van der Waals surface area contributed by atoms with Crippen LogP contribution in [0.15, 0.2) is 24.3 Å². The van der Waals surface area contributed by atoms with Crippen LogP contribution in [0.25, 0.3) is 0 Å². The molecular weight excluding hydrogens is 128 g/mol. The maximum Gasteiger partial charge on any atom is 0.173 e. The summed E-state index contributed by atoms with van der Waals surface area (Å²) in [5.74, 6) is 2.10. The maximum atomic E-state index is 9.32. The number of rotatable bonds is 0. The van der Waals surface area contributed by atoms with Crippen LogP contribution in [0.2, 0.25) is 0 Å². The lowest BCUT2D eigenvalue weighted by atomic mass is 9.93. The second kappa shape index (κ2) is 2.30. The molecule has 0 aromatic heterocycles. The minimum atomic E-state index is -1.51. The lowest BCUT2D eigenvalue weighted by Crippen LogP contribution is -2.38.